The molecule has 3 rings (SSSR count). The van der Waals surface area contributed by atoms with Gasteiger partial charge in [0.2, 0.25) is 10.0 Å². The van der Waals surface area contributed by atoms with Crippen LogP contribution in [0.3, 0.4) is 0 Å². The number of sulfonamides is 1. The van der Waals surface area contributed by atoms with Gasteiger partial charge in [0.1, 0.15) is 0 Å². The molecule has 1 fully saturated rings. The number of ether oxygens (including phenoxy) is 2. The normalized spacial score (nSPS) is 14.9. The number of carbonyl (C=O) groups excluding carboxylic acids is 2. The molecule has 0 saturated carbocycles. The molecule has 0 aromatic heterocycles. The lowest BCUT2D eigenvalue weighted by Crippen LogP contribution is -2.40. The van der Waals surface area contributed by atoms with Gasteiger partial charge in [-0.25, -0.2) is 13.2 Å². The van der Waals surface area contributed by atoms with Crippen molar-refractivity contribution in [3.8, 4) is 0 Å². The molecule has 1 N–H and O–H groups in total. The van der Waals surface area contributed by atoms with Gasteiger partial charge in [0, 0.05) is 24.0 Å². The second kappa shape index (κ2) is 9.69. The van der Waals surface area contributed by atoms with E-state index in [-0.39, 0.29) is 34.8 Å². The van der Waals surface area contributed by atoms with E-state index in [2.05, 4.69) is 21.2 Å². The first-order valence-electron chi connectivity index (χ1n) is 9.13. The summed E-state index contributed by atoms with van der Waals surface area (Å²) in [6.45, 7) is 1.20. The average Bonchev–Trinajstić information content (AvgIpc) is 2.79. The van der Waals surface area contributed by atoms with Gasteiger partial charge < -0.3 is 14.8 Å². The van der Waals surface area contributed by atoms with Crippen LogP contribution >= 0.6 is 15.9 Å². The number of hydrogen-bond donors (Lipinski definition) is 1. The highest BCUT2D eigenvalue weighted by molar-refractivity contribution is 9.08. The summed E-state index contributed by atoms with van der Waals surface area (Å²) >= 11 is 3.33. The van der Waals surface area contributed by atoms with Crippen molar-refractivity contribution < 1.29 is 27.5 Å². The molecule has 0 atom stereocenters. The van der Waals surface area contributed by atoms with Crippen LogP contribution in [0.2, 0.25) is 0 Å². The number of benzene rings is 2. The van der Waals surface area contributed by atoms with Crippen LogP contribution in [0.4, 0.5) is 5.69 Å². The van der Waals surface area contributed by atoms with E-state index in [1.165, 1.54) is 35.7 Å². The Hall–Kier alpha value is -2.27. The zero-order valence-corrected chi connectivity index (χ0v) is 18.7. The summed E-state index contributed by atoms with van der Waals surface area (Å²) in [6, 6.07) is 10.8. The van der Waals surface area contributed by atoms with Crippen LogP contribution in [0.5, 0.6) is 0 Å². The maximum atomic E-state index is 12.8. The Morgan fingerprint density at radius 2 is 1.90 bits per heavy atom. The molecule has 0 bridgehead atoms. The smallest absolute Gasteiger partial charge is 0.339 e. The van der Waals surface area contributed by atoms with E-state index in [1.807, 2.05) is 0 Å². The van der Waals surface area contributed by atoms with E-state index in [0.29, 0.717) is 18.5 Å². The molecule has 1 aliphatic rings. The second-order valence-corrected chi connectivity index (χ2v) is 9.00. The Balaban J connectivity index is 1.87. The maximum Gasteiger partial charge on any atom is 0.339 e. The summed E-state index contributed by atoms with van der Waals surface area (Å²) < 4.78 is 37.0. The predicted octanol–water partition coefficient (Wildman–Crippen LogP) is 2.64. The van der Waals surface area contributed by atoms with Crippen molar-refractivity contribution in [3.63, 3.8) is 0 Å². The zero-order chi connectivity index (χ0) is 21.7. The lowest BCUT2D eigenvalue weighted by molar-refractivity contribution is 0.0602. The molecule has 30 heavy (non-hydrogen) atoms. The number of nitrogens with zero attached hydrogens (tertiary/aromatic N) is 1. The summed E-state index contributed by atoms with van der Waals surface area (Å²) in [7, 11) is -2.47. The van der Waals surface area contributed by atoms with Crippen LogP contribution in [0, 0.1) is 0 Å². The number of morpholine rings is 1. The van der Waals surface area contributed by atoms with Crippen LogP contribution in [0.25, 0.3) is 0 Å². The van der Waals surface area contributed by atoms with E-state index in [1.54, 1.807) is 18.2 Å². The quantitative estimate of drug-likeness (QED) is 0.487. The zero-order valence-electron chi connectivity index (χ0n) is 16.3. The Kier molecular flexibility index (Phi) is 7.24. The summed E-state index contributed by atoms with van der Waals surface area (Å²) in [5, 5.41) is 3.20. The molecule has 10 heteroatoms. The fourth-order valence-electron chi connectivity index (χ4n) is 2.99. The largest absolute Gasteiger partial charge is 0.465 e. The highest BCUT2D eigenvalue weighted by Crippen LogP contribution is 2.23. The summed E-state index contributed by atoms with van der Waals surface area (Å²) in [5.41, 5.74) is 1.48. The molecule has 8 nitrogen and oxygen atoms in total. The molecule has 1 amide bonds. The monoisotopic (exact) mass is 496 g/mol. The molecule has 0 aliphatic carbocycles. The van der Waals surface area contributed by atoms with Crippen LogP contribution in [-0.2, 0) is 24.8 Å². The molecule has 2 aromatic carbocycles. The van der Waals surface area contributed by atoms with Crippen LogP contribution in [0.15, 0.2) is 47.4 Å². The summed E-state index contributed by atoms with van der Waals surface area (Å²) in [6.07, 6.45) is 0. The first-order chi connectivity index (χ1) is 14.4. The minimum atomic E-state index is -3.73. The van der Waals surface area contributed by atoms with Crippen molar-refractivity contribution >= 4 is 43.5 Å². The van der Waals surface area contributed by atoms with Gasteiger partial charge in [-0.05, 0) is 35.9 Å². The Morgan fingerprint density at radius 3 is 2.57 bits per heavy atom. The van der Waals surface area contributed by atoms with E-state index in [4.69, 9.17) is 9.47 Å². The van der Waals surface area contributed by atoms with E-state index >= 15 is 0 Å². The first kappa shape index (κ1) is 22.4. The Morgan fingerprint density at radius 1 is 1.17 bits per heavy atom. The number of nitrogens with one attached hydrogen (secondary N) is 1. The fraction of sp³-hybridized carbons (Fsp3) is 0.300. The topological polar surface area (TPSA) is 102 Å². The molecule has 0 radical (unpaired) electrons. The molecular formula is C20H21BrN2O6S. The van der Waals surface area contributed by atoms with Crippen LogP contribution < -0.4 is 5.32 Å². The standard InChI is InChI=1S/C20H21BrN2O6S/c1-28-20(25)17-11-14(13-21)5-6-18(17)22-19(24)15-3-2-4-16(12-15)30(26,27)23-7-9-29-10-8-23/h2-6,11-12H,7-10,13H2,1H3,(H,22,24). The van der Waals surface area contributed by atoms with E-state index in [9.17, 15) is 18.0 Å². The van der Waals surface area contributed by atoms with E-state index in [0.717, 1.165) is 5.56 Å². The molecule has 160 valence electrons. The Labute approximate surface area is 183 Å². The third-order valence-corrected chi connectivity index (χ3v) is 7.14. The van der Waals surface area contributed by atoms with Gasteiger partial charge in [0.25, 0.3) is 5.91 Å². The van der Waals surface area contributed by atoms with Crippen LogP contribution in [-0.4, -0.2) is 58.0 Å². The summed E-state index contributed by atoms with van der Waals surface area (Å²) in [5.74, 6) is -1.12. The van der Waals surface area contributed by atoms with Crippen LogP contribution in [0.1, 0.15) is 26.3 Å². The summed E-state index contributed by atoms with van der Waals surface area (Å²) in [4.78, 5) is 24.9. The average molecular weight is 497 g/mol. The van der Waals surface area contributed by atoms with Crippen molar-refractivity contribution in [2.45, 2.75) is 10.2 Å². The van der Waals surface area contributed by atoms with Crippen molar-refractivity contribution in [1.29, 1.82) is 0 Å². The maximum absolute atomic E-state index is 12.8. The highest BCUT2D eigenvalue weighted by atomic mass is 79.9. The number of alkyl halides is 1. The Bertz CT molecular complexity index is 1050. The fourth-order valence-corrected chi connectivity index (χ4v) is 4.79. The molecular weight excluding hydrogens is 476 g/mol. The van der Waals surface area contributed by atoms with Gasteiger partial charge in [-0.15, -0.1) is 0 Å². The lowest BCUT2D eigenvalue weighted by atomic mass is 10.1. The molecule has 1 saturated heterocycles. The SMILES string of the molecule is COC(=O)c1cc(CBr)ccc1NC(=O)c1cccc(S(=O)(=O)N2CCOCC2)c1. The number of methoxy groups -OCH3 is 1. The third-order valence-electron chi connectivity index (χ3n) is 4.60. The van der Waals surface area contributed by atoms with Gasteiger partial charge in [0.15, 0.2) is 0 Å². The molecule has 0 unspecified atom stereocenters. The number of amides is 1. The molecule has 1 aliphatic heterocycles. The number of rotatable bonds is 6. The van der Waals surface area contributed by atoms with E-state index < -0.39 is 21.9 Å². The number of hydrogen-bond acceptors (Lipinski definition) is 6. The third kappa shape index (κ3) is 4.89. The van der Waals surface area contributed by atoms with Crippen molar-refractivity contribution in [1.82, 2.24) is 4.31 Å². The highest BCUT2D eigenvalue weighted by Gasteiger charge is 2.27. The molecule has 2 aromatic rings. The van der Waals surface area contributed by atoms with Gasteiger partial charge in [-0.3, -0.25) is 4.79 Å². The van der Waals surface area contributed by atoms with Crippen molar-refractivity contribution in [2.75, 3.05) is 38.7 Å². The second-order valence-electron chi connectivity index (χ2n) is 6.50. The molecule has 1 heterocycles. The van der Waals surface area contributed by atoms with Gasteiger partial charge in [-0.2, -0.15) is 4.31 Å². The van der Waals surface area contributed by atoms with Gasteiger partial charge in [-0.1, -0.05) is 28.1 Å². The number of carbonyl (C=O) groups is 2. The minimum Gasteiger partial charge on any atom is -0.465 e. The number of esters is 1. The van der Waals surface area contributed by atoms with Crippen molar-refractivity contribution in [2.24, 2.45) is 0 Å². The molecule has 0 spiro atoms. The number of halogens is 1. The number of anilines is 1. The van der Waals surface area contributed by atoms with Gasteiger partial charge in [0.05, 0.1) is 36.5 Å². The predicted molar refractivity (Wildman–Crippen MR) is 114 cm³/mol. The lowest BCUT2D eigenvalue weighted by Gasteiger charge is -2.26. The van der Waals surface area contributed by atoms with Gasteiger partial charge >= 0.3 is 5.97 Å². The van der Waals surface area contributed by atoms with Crippen molar-refractivity contribution in [3.05, 3.63) is 59.2 Å². The minimum absolute atomic E-state index is 0.0277. The first-order valence-corrected chi connectivity index (χ1v) is 11.7.